The highest BCUT2D eigenvalue weighted by atomic mass is 32.2. The highest BCUT2D eigenvalue weighted by Gasteiger charge is 2.37. The lowest BCUT2D eigenvalue weighted by atomic mass is 10.2. The monoisotopic (exact) mass is 258 g/mol. The van der Waals surface area contributed by atoms with E-state index in [4.69, 9.17) is 5.11 Å². The van der Waals surface area contributed by atoms with Gasteiger partial charge < -0.3 is 15.7 Å². The summed E-state index contributed by atoms with van der Waals surface area (Å²) in [5.74, 6) is 0.352. The number of carboxylic acids is 1. The van der Waals surface area contributed by atoms with Crippen molar-refractivity contribution in [2.75, 3.05) is 12.3 Å². The second kappa shape index (κ2) is 5.62. The maximum atomic E-state index is 11.6. The third-order valence-electron chi connectivity index (χ3n) is 3.16. The second-order valence-corrected chi connectivity index (χ2v) is 6.05. The first-order valence-electron chi connectivity index (χ1n) is 6.05. The number of hydrogen-bond donors (Lipinski definition) is 3. The molecule has 1 aliphatic heterocycles. The fourth-order valence-corrected chi connectivity index (χ4v) is 3.22. The number of rotatable bonds is 5. The largest absolute Gasteiger partial charge is 0.480 e. The fraction of sp³-hybridized carbons (Fsp3) is 0.818. The molecule has 1 saturated carbocycles. The smallest absolute Gasteiger partial charge is 0.326 e. The summed E-state index contributed by atoms with van der Waals surface area (Å²) in [5.41, 5.74) is 0. The molecule has 0 radical (unpaired) electrons. The number of carbonyl (C=O) groups is 2. The Bertz CT molecular complexity index is 301. The highest BCUT2D eigenvalue weighted by molar-refractivity contribution is 8.00. The molecule has 17 heavy (non-hydrogen) atoms. The van der Waals surface area contributed by atoms with Crippen LogP contribution in [0.25, 0.3) is 0 Å². The lowest BCUT2D eigenvalue weighted by Crippen LogP contribution is -2.48. The van der Waals surface area contributed by atoms with Crippen LogP contribution >= 0.6 is 11.8 Å². The van der Waals surface area contributed by atoms with Gasteiger partial charge in [0.2, 0.25) is 0 Å². The summed E-state index contributed by atoms with van der Waals surface area (Å²) in [7, 11) is 0. The van der Waals surface area contributed by atoms with Crippen molar-refractivity contribution in [2.45, 2.75) is 37.0 Å². The molecule has 2 aliphatic rings. The van der Waals surface area contributed by atoms with E-state index < -0.39 is 12.0 Å². The molecule has 2 unspecified atom stereocenters. The number of thioether (sulfide) groups is 1. The van der Waals surface area contributed by atoms with E-state index in [2.05, 4.69) is 10.6 Å². The van der Waals surface area contributed by atoms with E-state index in [9.17, 15) is 9.59 Å². The number of carboxylic acid groups (broad SMARTS) is 1. The molecule has 0 spiro atoms. The number of amides is 2. The summed E-state index contributed by atoms with van der Waals surface area (Å²) in [6, 6.07) is -1.07. The van der Waals surface area contributed by atoms with Crippen molar-refractivity contribution < 1.29 is 14.7 Å². The van der Waals surface area contributed by atoms with Crippen LogP contribution in [0.4, 0.5) is 4.79 Å². The van der Waals surface area contributed by atoms with Gasteiger partial charge in [-0.2, -0.15) is 11.8 Å². The molecule has 2 atom stereocenters. The standard InChI is InChI=1S/C11H18N2O3S/c14-10(15)9(7-3-4-7)13-11(16)12-6-8-2-1-5-17-8/h7-9H,1-6H2,(H,14,15)(H2,12,13,16). The van der Waals surface area contributed by atoms with E-state index in [0.717, 1.165) is 25.0 Å². The van der Waals surface area contributed by atoms with E-state index in [-0.39, 0.29) is 11.9 Å². The zero-order valence-electron chi connectivity index (χ0n) is 9.65. The SMILES string of the molecule is O=C(NCC1CCCS1)NC(C(=O)O)C1CC1. The summed E-state index contributed by atoms with van der Waals surface area (Å²) >= 11 is 1.87. The Labute approximate surface area is 105 Å². The van der Waals surface area contributed by atoms with Gasteiger partial charge in [0.15, 0.2) is 0 Å². The summed E-state index contributed by atoms with van der Waals surface area (Å²) in [5, 5.41) is 14.8. The molecule has 5 nitrogen and oxygen atoms in total. The summed E-state index contributed by atoms with van der Waals surface area (Å²) < 4.78 is 0. The molecule has 1 heterocycles. The van der Waals surface area contributed by atoms with Gasteiger partial charge in [-0.3, -0.25) is 0 Å². The van der Waals surface area contributed by atoms with E-state index in [1.165, 1.54) is 6.42 Å². The Hall–Kier alpha value is -0.910. The van der Waals surface area contributed by atoms with Crippen LogP contribution < -0.4 is 10.6 Å². The van der Waals surface area contributed by atoms with Crippen molar-refractivity contribution in [1.82, 2.24) is 10.6 Å². The average Bonchev–Trinajstić information content (AvgIpc) is 2.99. The van der Waals surface area contributed by atoms with Crippen LogP contribution in [0.15, 0.2) is 0 Å². The second-order valence-electron chi connectivity index (χ2n) is 4.64. The van der Waals surface area contributed by atoms with Crippen LogP contribution in [-0.2, 0) is 4.79 Å². The first kappa shape index (κ1) is 12.5. The van der Waals surface area contributed by atoms with E-state index in [0.29, 0.717) is 11.8 Å². The zero-order chi connectivity index (χ0) is 12.3. The lowest BCUT2D eigenvalue weighted by molar-refractivity contribution is -0.139. The molecular weight excluding hydrogens is 240 g/mol. The van der Waals surface area contributed by atoms with Gasteiger partial charge in [0.1, 0.15) is 6.04 Å². The Morgan fingerprint density at radius 1 is 1.35 bits per heavy atom. The molecule has 0 aromatic carbocycles. The van der Waals surface area contributed by atoms with Crippen molar-refractivity contribution >= 4 is 23.8 Å². The highest BCUT2D eigenvalue weighted by Crippen LogP contribution is 2.32. The molecule has 0 bridgehead atoms. The maximum Gasteiger partial charge on any atom is 0.326 e. The van der Waals surface area contributed by atoms with Crippen LogP contribution in [-0.4, -0.2) is 40.7 Å². The minimum atomic E-state index is -0.933. The average molecular weight is 258 g/mol. The summed E-state index contributed by atoms with van der Waals surface area (Å²) in [6.45, 7) is 0.632. The minimum absolute atomic E-state index is 0.124. The quantitative estimate of drug-likeness (QED) is 0.688. The Morgan fingerprint density at radius 2 is 2.12 bits per heavy atom. The van der Waals surface area contributed by atoms with E-state index in [1.54, 1.807) is 0 Å². The summed E-state index contributed by atoms with van der Waals surface area (Å²) in [4.78, 5) is 22.5. The van der Waals surface area contributed by atoms with Gasteiger partial charge in [0.25, 0.3) is 0 Å². The van der Waals surface area contributed by atoms with Gasteiger partial charge in [0.05, 0.1) is 0 Å². The van der Waals surface area contributed by atoms with Crippen molar-refractivity contribution in [1.29, 1.82) is 0 Å². The molecule has 96 valence electrons. The van der Waals surface area contributed by atoms with Gasteiger partial charge in [-0.15, -0.1) is 0 Å². The summed E-state index contributed by atoms with van der Waals surface area (Å²) in [6.07, 6.45) is 4.14. The van der Waals surface area contributed by atoms with Crippen molar-refractivity contribution in [2.24, 2.45) is 5.92 Å². The van der Waals surface area contributed by atoms with Crippen LogP contribution in [0.1, 0.15) is 25.7 Å². The minimum Gasteiger partial charge on any atom is -0.480 e. The number of aliphatic carboxylic acids is 1. The van der Waals surface area contributed by atoms with Crippen LogP contribution in [0, 0.1) is 5.92 Å². The number of urea groups is 1. The van der Waals surface area contributed by atoms with Gasteiger partial charge in [-0.25, -0.2) is 9.59 Å². The third kappa shape index (κ3) is 3.80. The van der Waals surface area contributed by atoms with Crippen molar-refractivity contribution in [3.8, 4) is 0 Å². The predicted molar refractivity (Wildman–Crippen MR) is 66.2 cm³/mol. The van der Waals surface area contributed by atoms with Crippen molar-refractivity contribution in [3.05, 3.63) is 0 Å². The fourth-order valence-electron chi connectivity index (χ4n) is 2.01. The molecule has 0 aromatic heterocycles. The Kier molecular flexibility index (Phi) is 4.15. The number of carbonyl (C=O) groups excluding carboxylic acids is 1. The Morgan fingerprint density at radius 3 is 2.65 bits per heavy atom. The number of nitrogens with one attached hydrogen (secondary N) is 2. The Balaban J connectivity index is 1.69. The molecule has 0 aromatic rings. The van der Waals surface area contributed by atoms with Gasteiger partial charge >= 0.3 is 12.0 Å². The van der Waals surface area contributed by atoms with Crippen LogP contribution in [0.2, 0.25) is 0 Å². The molecular formula is C11H18N2O3S. The molecule has 1 saturated heterocycles. The predicted octanol–water partition coefficient (Wildman–Crippen LogP) is 1.04. The topological polar surface area (TPSA) is 78.4 Å². The molecule has 6 heteroatoms. The van der Waals surface area contributed by atoms with Gasteiger partial charge in [-0.1, -0.05) is 0 Å². The van der Waals surface area contributed by atoms with E-state index in [1.807, 2.05) is 11.8 Å². The molecule has 2 rings (SSSR count). The molecule has 1 aliphatic carbocycles. The molecule has 3 N–H and O–H groups in total. The zero-order valence-corrected chi connectivity index (χ0v) is 10.5. The lowest BCUT2D eigenvalue weighted by Gasteiger charge is -2.15. The van der Waals surface area contributed by atoms with Crippen LogP contribution in [0.3, 0.4) is 0 Å². The molecule has 2 fully saturated rings. The third-order valence-corrected chi connectivity index (χ3v) is 4.56. The maximum absolute atomic E-state index is 11.6. The normalized spacial score (nSPS) is 25.3. The van der Waals surface area contributed by atoms with E-state index >= 15 is 0 Å². The van der Waals surface area contributed by atoms with Gasteiger partial charge in [0, 0.05) is 11.8 Å². The first-order chi connectivity index (χ1) is 8.16. The molecule has 2 amide bonds. The van der Waals surface area contributed by atoms with Crippen molar-refractivity contribution in [3.63, 3.8) is 0 Å². The first-order valence-corrected chi connectivity index (χ1v) is 7.10. The number of hydrogen-bond acceptors (Lipinski definition) is 3. The van der Waals surface area contributed by atoms with Gasteiger partial charge in [-0.05, 0) is 37.4 Å². The van der Waals surface area contributed by atoms with Crippen LogP contribution in [0.5, 0.6) is 0 Å².